The van der Waals surface area contributed by atoms with E-state index in [0.717, 1.165) is 30.0 Å². The molecule has 2 aromatic heterocycles. The highest BCUT2D eigenvalue weighted by atomic mass is 19.1. The van der Waals surface area contributed by atoms with E-state index in [1.807, 2.05) is 11.3 Å². The molecule has 1 N–H and O–H groups in total. The van der Waals surface area contributed by atoms with Crippen molar-refractivity contribution in [3.8, 4) is 0 Å². The third kappa shape index (κ3) is 1.41. The van der Waals surface area contributed by atoms with E-state index in [1.165, 1.54) is 18.7 Å². The fourth-order valence-electron chi connectivity index (χ4n) is 2.40. The van der Waals surface area contributed by atoms with E-state index in [-0.39, 0.29) is 5.82 Å². The number of halogens is 1. The van der Waals surface area contributed by atoms with Crippen molar-refractivity contribution in [3.63, 3.8) is 0 Å². The van der Waals surface area contributed by atoms with Crippen LogP contribution in [0.3, 0.4) is 0 Å². The van der Waals surface area contributed by atoms with Gasteiger partial charge in [-0.3, -0.25) is 0 Å². The molecule has 0 aliphatic carbocycles. The summed E-state index contributed by atoms with van der Waals surface area (Å²) < 4.78 is 15.0. The second kappa shape index (κ2) is 3.56. The summed E-state index contributed by atoms with van der Waals surface area (Å²) in [6.07, 6.45) is 3.80. The van der Waals surface area contributed by atoms with Crippen molar-refractivity contribution in [2.24, 2.45) is 0 Å². The molecule has 0 radical (unpaired) electrons. The zero-order valence-corrected chi connectivity index (χ0v) is 9.20. The van der Waals surface area contributed by atoms with Crippen LogP contribution < -0.4 is 5.32 Å². The summed E-state index contributed by atoms with van der Waals surface area (Å²) in [5, 5.41) is 3.42. The topological polar surface area (TPSA) is 29.3 Å². The summed E-state index contributed by atoms with van der Waals surface area (Å²) in [4.78, 5) is 4.57. The Labute approximate surface area is 93.3 Å². The van der Waals surface area contributed by atoms with Gasteiger partial charge in [0.25, 0.3) is 0 Å². The largest absolute Gasteiger partial charge is 0.309 e. The van der Waals surface area contributed by atoms with Gasteiger partial charge in [0.1, 0.15) is 11.5 Å². The molecule has 1 fully saturated rings. The van der Waals surface area contributed by atoms with Gasteiger partial charge in [-0.1, -0.05) is 0 Å². The summed E-state index contributed by atoms with van der Waals surface area (Å²) in [5.41, 5.74) is 2.92. The van der Waals surface area contributed by atoms with Gasteiger partial charge in [0.2, 0.25) is 0 Å². The molecule has 0 aromatic carbocycles. The Morgan fingerprint density at radius 2 is 2.38 bits per heavy atom. The zero-order valence-electron chi connectivity index (χ0n) is 9.20. The first-order valence-corrected chi connectivity index (χ1v) is 5.63. The van der Waals surface area contributed by atoms with E-state index in [4.69, 9.17) is 0 Å². The lowest BCUT2D eigenvalue weighted by Crippen LogP contribution is -2.14. The highest BCUT2D eigenvalue weighted by Gasteiger charge is 2.21. The number of aromatic nitrogens is 2. The van der Waals surface area contributed by atoms with Gasteiger partial charge in [0.05, 0.1) is 11.7 Å². The van der Waals surface area contributed by atoms with Crippen molar-refractivity contribution in [2.75, 3.05) is 6.54 Å². The minimum Gasteiger partial charge on any atom is -0.309 e. The third-order valence-electron chi connectivity index (χ3n) is 3.25. The maximum Gasteiger partial charge on any atom is 0.139 e. The fourth-order valence-corrected chi connectivity index (χ4v) is 2.40. The van der Waals surface area contributed by atoms with Crippen molar-refractivity contribution >= 4 is 5.65 Å². The number of pyridine rings is 1. The van der Waals surface area contributed by atoms with Crippen LogP contribution in [0.5, 0.6) is 0 Å². The van der Waals surface area contributed by atoms with Crippen LogP contribution in [0.2, 0.25) is 0 Å². The van der Waals surface area contributed by atoms with E-state index >= 15 is 0 Å². The second-order valence-electron chi connectivity index (χ2n) is 4.31. The minimum atomic E-state index is -0.223. The molecule has 1 aliphatic rings. The maximum absolute atomic E-state index is 13.1. The first kappa shape index (κ1) is 9.78. The number of nitrogens with one attached hydrogen (secondary N) is 1. The summed E-state index contributed by atoms with van der Waals surface area (Å²) in [7, 11) is 0. The van der Waals surface area contributed by atoms with Crippen LogP contribution >= 0.6 is 0 Å². The van der Waals surface area contributed by atoms with Crippen molar-refractivity contribution in [1.29, 1.82) is 0 Å². The molecule has 1 saturated heterocycles. The standard InChI is InChI=1S/C12H14FN3/c1-8-12(10-3-2-6-14-10)15-11-5-4-9(13)7-16(8)11/h4-5,7,10,14H,2-3,6H2,1H3. The van der Waals surface area contributed by atoms with Crippen LogP contribution in [0.4, 0.5) is 4.39 Å². The summed E-state index contributed by atoms with van der Waals surface area (Å²) in [6, 6.07) is 3.51. The molecule has 1 atom stereocenters. The van der Waals surface area contributed by atoms with Gasteiger partial charge in [0.15, 0.2) is 0 Å². The molecule has 3 nitrogen and oxygen atoms in total. The SMILES string of the molecule is Cc1c(C2CCCN2)nc2ccc(F)cn12. The molecule has 0 bridgehead atoms. The molecule has 2 aromatic rings. The zero-order chi connectivity index (χ0) is 11.1. The molecule has 16 heavy (non-hydrogen) atoms. The third-order valence-corrected chi connectivity index (χ3v) is 3.25. The highest BCUT2D eigenvalue weighted by Crippen LogP contribution is 2.25. The summed E-state index contributed by atoms with van der Waals surface area (Å²) >= 11 is 0. The van der Waals surface area contributed by atoms with Crippen LogP contribution in [0.25, 0.3) is 5.65 Å². The number of hydrogen-bond acceptors (Lipinski definition) is 2. The van der Waals surface area contributed by atoms with Gasteiger partial charge in [-0.25, -0.2) is 9.37 Å². The van der Waals surface area contributed by atoms with Crippen LogP contribution in [-0.2, 0) is 0 Å². The Morgan fingerprint density at radius 3 is 3.12 bits per heavy atom. The molecule has 84 valence electrons. The van der Waals surface area contributed by atoms with Gasteiger partial charge >= 0.3 is 0 Å². The minimum absolute atomic E-state index is 0.223. The number of imidazole rings is 1. The molecule has 3 heterocycles. The number of rotatable bonds is 1. The molecule has 4 heteroatoms. The van der Waals surface area contributed by atoms with Crippen LogP contribution in [0, 0.1) is 12.7 Å². The Hall–Kier alpha value is -1.42. The average molecular weight is 219 g/mol. The van der Waals surface area contributed by atoms with Crippen molar-refractivity contribution in [2.45, 2.75) is 25.8 Å². The highest BCUT2D eigenvalue weighted by molar-refractivity contribution is 5.44. The molecule has 0 spiro atoms. The Morgan fingerprint density at radius 1 is 1.50 bits per heavy atom. The van der Waals surface area contributed by atoms with Gasteiger partial charge in [-0.05, 0) is 38.4 Å². The molecule has 1 unspecified atom stereocenters. The van der Waals surface area contributed by atoms with E-state index in [0.29, 0.717) is 6.04 Å². The van der Waals surface area contributed by atoms with E-state index in [2.05, 4.69) is 10.3 Å². The Bertz CT molecular complexity index is 526. The molecule has 1 aliphatic heterocycles. The number of nitrogens with zero attached hydrogens (tertiary/aromatic N) is 2. The lowest BCUT2D eigenvalue weighted by atomic mass is 10.1. The number of aryl methyl sites for hydroxylation is 1. The van der Waals surface area contributed by atoms with Gasteiger partial charge in [-0.2, -0.15) is 0 Å². The van der Waals surface area contributed by atoms with Crippen LogP contribution in [0.15, 0.2) is 18.3 Å². The van der Waals surface area contributed by atoms with Gasteiger partial charge < -0.3 is 9.72 Å². The Kier molecular flexibility index (Phi) is 2.17. The molecular formula is C12H14FN3. The van der Waals surface area contributed by atoms with Crippen molar-refractivity contribution in [1.82, 2.24) is 14.7 Å². The quantitative estimate of drug-likeness (QED) is 0.796. The van der Waals surface area contributed by atoms with E-state index in [9.17, 15) is 4.39 Å². The maximum atomic E-state index is 13.1. The van der Waals surface area contributed by atoms with Crippen molar-refractivity contribution < 1.29 is 4.39 Å². The average Bonchev–Trinajstić information content (AvgIpc) is 2.87. The van der Waals surface area contributed by atoms with E-state index < -0.39 is 0 Å². The predicted molar refractivity (Wildman–Crippen MR) is 59.9 cm³/mol. The molecule has 3 rings (SSSR count). The predicted octanol–water partition coefficient (Wildman–Crippen LogP) is 2.21. The van der Waals surface area contributed by atoms with Gasteiger partial charge in [-0.15, -0.1) is 0 Å². The first-order chi connectivity index (χ1) is 7.75. The first-order valence-electron chi connectivity index (χ1n) is 5.63. The monoisotopic (exact) mass is 219 g/mol. The van der Waals surface area contributed by atoms with Crippen LogP contribution in [-0.4, -0.2) is 15.9 Å². The lowest BCUT2D eigenvalue weighted by molar-refractivity contribution is 0.616. The summed E-state index contributed by atoms with van der Waals surface area (Å²) in [6.45, 7) is 3.04. The van der Waals surface area contributed by atoms with Crippen LogP contribution in [0.1, 0.15) is 30.3 Å². The normalized spacial score (nSPS) is 20.8. The van der Waals surface area contributed by atoms with E-state index in [1.54, 1.807) is 6.07 Å². The number of hydrogen-bond donors (Lipinski definition) is 1. The Balaban J connectivity index is 2.15. The summed E-state index contributed by atoms with van der Waals surface area (Å²) in [5.74, 6) is -0.223. The van der Waals surface area contributed by atoms with Gasteiger partial charge in [0, 0.05) is 11.9 Å². The van der Waals surface area contributed by atoms with Crippen molar-refractivity contribution in [3.05, 3.63) is 35.5 Å². The molecule has 0 amide bonds. The number of fused-ring (bicyclic) bond motifs is 1. The molecule has 0 saturated carbocycles. The smallest absolute Gasteiger partial charge is 0.139 e. The lowest BCUT2D eigenvalue weighted by Gasteiger charge is -2.07. The fraction of sp³-hybridized carbons (Fsp3) is 0.417. The second-order valence-corrected chi connectivity index (χ2v) is 4.31. The molecular weight excluding hydrogens is 205 g/mol.